The molecule has 0 radical (unpaired) electrons. The van der Waals surface area contributed by atoms with E-state index in [1.165, 1.54) is 4.90 Å². The Balaban J connectivity index is 1.96. The standard InChI is InChI=1S/C18H30N2O3/c1-6-12(2)19-14(21)8-7-11-20-15(22)13-9-10-18(5,16(20)23)17(13,3)4/h12-13H,6-11H2,1-5H3,(H,19,21). The third-order valence-corrected chi connectivity index (χ3v) is 6.31. The smallest absolute Gasteiger partial charge is 0.235 e. The molecule has 1 N–H and O–H groups in total. The first-order valence-electron chi connectivity index (χ1n) is 8.80. The van der Waals surface area contributed by atoms with E-state index >= 15 is 0 Å². The maximum atomic E-state index is 12.8. The molecule has 3 unspecified atom stereocenters. The fourth-order valence-corrected chi connectivity index (χ4v) is 3.96. The Labute approximate surface area is 139 Å². The molecule has 1 aliphatic carbocycles. The van der Waals surface area contributed by atoms with E-state index in [0.717, 1.165) is 19.3 Å². The summed E-state index contributed by atoms with van der Waals surface area (Å²) in [6.45, 7) is 10.4. The minimum absolute atomic E-state index is 0.00855. The van der Waals surface area contributed by atoms with Crippen molar-refractivity contribution in [3.8, 4) is 0 Å². The van der Waals surface area contributed by atoms with E-state index in [2.05, 4.69) is 5.32 Å². The average molecular weight is 322 g/mol. The highest BCUT2D eigenvalue weighted by Gasteiger charge is 2.64. The van der Waals surface area contributed by atoms with Crippen LogP contribution < -0.4 is 5.32 Å². The van der Waals surface area contributed by atoms with E-state index in [9.17, 15) is 14.4 Å². The molecule has 3 amide bonds. The van der Waals surface area contributed by atoms with Gasteiger partial charge in [-0.25, -0.2) is 0 Å². The molecular weight excluding hydrogens is 292 g/mol. The third kappa shape index (κ3) is 2.90. The minimum Gasteiger partial charge on any atom is -0.354 e. The van der Waals surface area contributed by atoms with Gasteiger partial charge in [0.15, 0.2) is 0 Å². The summed E-state index contributed by atoms with van der Waals surface area (Å²) in [6, 6.07) is 0.163. The number of likely N-dealkylation sites (tertiary alicyclic amines) is 1. The monoisotopic (exact) mass is 322 g/mol. The van der Waals surface area contributed by atoms with Crippen molar-refractivity contribution in [1.82, 2.24) is 10.2 Å². The summed E-state index contributed by atoms with van der Waals surface area (Å²) in [6.07, 6.45) is 3.35. The van der Waals surface area contributed by atoms with Gasteiger partial charge in [-0.15, -0.1) is 0 Å². The average Bonchev–Trinajstić information content (AvgIpc) is 2.67. The van der Waals surface area contributed by atoms with Crippen molar-refractivity contribution in [3.05, 3.63) is 0 Å². The Kier molecular flexibility index (Phi) is 4.88. The van der Waals surface area contributed by atoms with E-state index in [0.29, 0.717) is 19.4 Å². The van der Waals surface area contributed by atoms with Crippen molar-refractivity contribution < 1.29 is 14.4 Å². The molecule has 0 aromatic heterocycles. The molecule has 130 valence electrons. The zero-order chi connectivity index (χ0) is 17.4. The second-order valence-corrected chi connectivity index (χ2v) is 7.92. The zero-order valence-electron chi connectivity index (χ0n) is 15.1. The summed E-state index contributed by atoms with van der Waals surface area (Å²) < 4.78 is 0. The van der Waals surface area contributed by atoms with Crippen molar-refractivity contribution in [2.24, 2.45) is 16.7 Å². The third-order valence-electron chi connectivity index (χ3n) is 6.31. The van der Waals surface area contributed by atoms with Gasteiger partial charge in [-0.3, -0.25) is 19.3 Å². The number of fused-ring (bicyclic) bond motifs is 2. The maximum absolute atomic E-state index is 12.8. The highest BCUT2D eigenvalue weighted by Crippen LogP contribution is 2.59. The van der Waals surface area contributed by atoms with E-state index in [1.54, 1.807) is 0 Å². The van der Waals surface area contributed by atoms with Crippen molar-refractivity contribution in [2.75, 3.05) is 6.54 Å². The zero-order valence-corrected chi connectivity index (χ0v) is 15.1. The number of rotatable bonds is 6. The fourth-order valence-electron chi connectivity index (χ4n) is 3.96. The maximum Gasteiger partial charge on any atom is 0.235 e. The second-order valence-electron chi connectivity index (χ2n) is 7.92. The minimum atomic E-state index is -0.454. The number of hydrogen-bond donors (Lipinski definition) is 1. The van der Waals surface area contributed by atoms with Crippen molar-refractivity contribution in [1.29, 1.82) is 0 Å². The molecule has 23 heavy (non-hydrogen) atoms. The van der Waals surface area contributed by atoms with E-state index in [1.807, 2.05) is 34.6 Å². The lowest BCUT2D eigenvalue weighted by molar-refractivity contribution is -0.168. The molecule has 1 heterocycles. The lowest BCUT2D eigenvalue weighted by Crippen LogP contribution is -2.59. The molecule has 3 atom stereocenters. The number of piperidine rings is 1. The molecule has 0 aromatic rings. The predicted octanol–water partition coefficient (Wildman–Crippen LogP) is 2.49. The Bertz CT molecular complexity index is 514. The van der Waals surface area contributed by atoms with Crippen LogP contribution in [0.2, 0.25) is 0 Å². The summed E-state index contributed by atoms with van der Waals surface area (Å²) in [4.78, 5) is 38.7. The molecule has 2 aliphatic rings. The van der Waals surface area contributed by atoms with Gasteiger partial charge >= 0.3 is 0 Å². The molecule has 5 heteroatoms. The van der Waals surface area contributed by atoms with Crippen molar-refractivity contribution in [3.63, 3.8) is 0 Å². The normalized spacial score (nSPS) is 30.5. The van der Waals surface area contributed by atoms with Gasteiger partial charge in [-0.1, -0.05) is 27.7 Å². The molecule has 2 rings (SSSR count). The van der Waals surface area contributed by atoms with Gasteiger partial charge < -0.3 is 5.32 Å². The first-order valence-corrected chi connectivity index (χ1v) is 8.80. The van der Waals surface area contributed by atoms with Crippen LogP contribution in [0.15, 0.2) is 0 Å². The summed E-state index contributed by atoms with van der Waals surface area (Å²) in [5.41, 5.74) is -0.726. The molecule has 2 fully saturated rings. The summed E-state index contributed by atoms with van der Waals surface area (Å²) in [5.74, 6) is -0.175. The van der Waals surface area contributed by atoms with Crippen LogP contribution in [0.25, 0.3) is 0 Å². The Hall–Kier alpha value is -1.39. The van der Waals surface area contributed by atoms with E-state index < -0.39 is 5.41 Å². The number of nitrogens with zero attached hydrogens (tertiary/aromatic N) is 1. The number of hydrogen-bond acceptors (Lipinski definition) is 3. The number of nitrogens with one attached hydrogen (secondary N) is 1. The molecule has 1 aliphatic heterocycles. The van der Waals surface area contributed by atoms with Crippen molar-refractivity contribution >= 4 is 17.7 Å². The van der Waals surface area contributed by atoms with Gasteiger partial charge in [0.2, 0.25) is 17.7 Å². The number of amides is 3. The van der Waals surface area contributed by atoms with Gasteiger partial charge in [-0.05, 0) is 38.0 Å². The highest BCUT2D eigenvalue weighted by atomic mass is 16.2. The number of carbonyl (C=O) groups is 3. The molecule has 1 saturated carbocycles. The van der Waals surface area contributed by atoms with Crippen LogP contribution in [0, 0.1) is 16.7 Å². The highest BCUT2D eigenvalue weighted by molar-refractivity contribution is 6.03. The lowest BCUT2D eigenvalue weighted by atomic mass is 9.62. The fraction of sp³-hybridized carbons (Fsp3) is 0.833. The topological polar surface area (TPSA) is 66.5 Å². The van der Waals surface area contributed by atoms with Crippen LogP contribution in [0.3, 0.4) is 0 Å². The Morgan fingerprint density at radius 1 is 1.35 bits per heavy atom. The summed E-state index contributed by atoms with van der Waals surface area (Å²) in [7, 11) is 0. The molecule has 1 saturated heterocycles. The van der Waals surface area contributed by atoms with E-state index in [-0.39, 0.29) is 35.1 Å². The van der Waals surface area contributed by atoms with Crippen LogP contribution in [-0.4, -0.2) is 35.2 Å². The SMILES string of the molecule is CCC(C)NC(=O)CCCN1C(=O)C2CCC(C)(C1=O)C2(C)C. The number of carbonyl (C=O) groups excluding carboxylic acids is 3. The van der Waals surface area contributed by atoms with Gasteiger partial charge in [-0.2, -0.15) is 0 Å². The first kappa shape index (κ1) is 18.0. The van der Waals surface area contributed by atoms with Gasteiger partial charge in [0, 0.05) is 24.9 Å². The van der Waals surface area contributed by atoms with Gasteiger partial charge in [0.1, 0.15) is 0 Å². The first-order chi connectivity index (χ1) is 10.6. The molecule has 0 aromatic carbocycles. The molecular formula is C18H30N2O3. The van der Waals surface area contributed by atoms with Gasteiger partial charge in [0.25, 0.3) is 0 Å². The van der Waals surface area contributed by atoms with Crippen LogP contribution in [0.4, 0.5) is 0 Å². The molecule has 0 spiro atoms. The predicted molar refractivity (Wildman–Crippen MR) is 88.5 cm³/mol. The largest absolute Gasteiger partial charge is 0.354 e. The number of imide groups is 1. The van der Waals surface area contributed by atoms with E-state index in [4.69, 9.17) is 0 Å². The quantitative estimate of drug-likeness (QED) is 0.764. The Morgan fingerprint density at radius 2 is 2.00 bits per heavy atom. The van der Waals surface area contributed by atoms with Crippen LogP contribution >= 0.6 is 0 Å². The Morgan fingerprint density at radius 3 is 2.61 bits per heavy atom. The summed E-state index contributed by atoms with van der Waals surface area (Å²) >= 11 is 0. The van der Waals surface area contributed by atoms with Crippen LogP contribution in [0.1, 0.15) is 66.7 Å². The lowest BCUT2D eigenvalue weighted by Gasteiger charge is -2.47. The second kappa shape index (κ2) is 6.25. The van der Waals surface area contributed by atoms with Crippen LogP contribution in [-0.2, 0) is 14.4 Å². The van der Waals surface area contributed by atoms with Crippen LogP contribution in [0.5, 0.6) is 0 Å². The summed E-state index contributed by atoms with van der Waals surface area (Å²) in [5, 5.41) is 2.91. The van der Waals surface area contributed by atoms with Crippen molar-refractivity contribution in [2.45, 2.75) is 72.8 Å². The van der Waals surface area contributed by atoms with Gasteiger partial charge in [0.05, 0.1) is 5.41 Å². The molecule has 5 nitrogen and oxygen atoms in total. The molecule has 2 bridgehead atoms.